The third-order valence-electron chi connectivity index (χ3n) is 3.47. The Labute approximate surface area is 145 Å². The van der Waals surface area contributed by atoms with Crippen LogP contribution in [0, 0.1) is 5.82 Å². The molecule has 1 aromatic rings. The zero-order valence-corrected chi connectivity index (χ0v) is 15.5. The average molecular weight is 387 g/mol. The van der Waals surface area contributed by atoms with Crippen LogP contribution in [0.15, 0.2) is 22.7 Å². The highest BCUT2D eigenvalue weighted by atomic mass is 79.9. The Bertz CT molecular complexity index is 556. The van der Waals surface area contributed by atoms with E-state index < -0.39 is 5.60 Å². The number of carbonyl (C=O) groups is 1. The molecule has 1 aliphatic carbocycles. The van der Waals surface area contributed by atoms with Crippen molar-refractivity contribution in [3.8, 4) is 0 Å². The highest BCUT2D eigenvalue weighted by Gasteiger charge is 2.34. The summed E-state index contributed by atoms with van der Waals surface area (Å²) in [6.45, 7) is 7.19. The van der Waals surface area contributed by atoms with Gasteiger partial charge in [-0.3, -0.25) is 0 Å². The van der Waals surface area contributed by atoms with Gasteiger partial charge in [-0.1, -0.05) is 15.9 Å². The van der Waals surface area contributed by atoms with Gasteiger partial charge in [0.25, 0.3) is 0 Å². The number of rotatable bonds is 6. The van der Waals surface area contributed by atoms with E-state index in [4.69, 9.17) is 4.74 Å². The fourth-order valence-corrected chi connectivity index (χ4v) is 2.64. The number of carbonyl (C=O) groups excluding carboxylic acids is 1. The maximum atomic E-state index is 13.7. The molecule has 2 rings (SSSR count). The van der Waals surface area contributed by atoms with E-state index in [-0.39, 0.29) is 18.0 Å². The standard InChI is InChI=1S/C17H24BrFN2O2/c1-17(2,3)23-16(22)21(14-5-6-14)9-8-20-11-12-10-13(18)4-7-15(12)19/h4,7,10,14,20H,5-6,8-9,11H2,1-3H3. The Morgan fingerprint density at radius 3 is 2.74 bits per heavy atom. The van der Waals surface area contributed by atoms with Crippen LogP contribution in [0.4, 0.5) is 9.18 Å². The molecule has 0 saturated heterocycles. The van der Waals surface area contributed by atoms with Crippen LogP contribution in [0.3, 0.4) is 0 Å². The molecular weight excluding hydrogens is 363 g/mol. The van der Waals surface area contributed by atoms with Gasteiger partial charge in [0.05, 0.1) is 0 Å². The summed E-state index contributed by atoms with van der Waals surface area (Å²) in [5.41, 5.74) is 0.117. The molecule has 1 N–H and O–H groups in total. The molecule has 0 heterocycles. The SMILES string of the molecule is CC(C)(C)OC(=O)N(CCNCc1cc(Br)ccc1F)C1CC1. The van der Waals surface area contributed by atoms with E-state index in [0.717, 1.165) is 17.3 Å². The highest BCUT2D eigenvalue weighted by Crippen LogP contribution is 2.28. The molecule has 0 aromatic heterocycles. The second-order valence-electron chi connectivity index (χ2n) is 6.82. The van der Waals surface area contributed by atoms with Crippen LogP contribution in [0.1, 0.15) is 39.2 Å². The molecule has 0 spiro atoms. The summed E-state index contributed by atoms with van der Waals surface area (Å²) in [7, 11) is 0. The van der Waals surface area contributed by atoms with E-state index in [9.17, 15) is 9.18 Å². The Morgan fingerprint density at radius 2 is 2.13 bits per heavy atom. The molecule has 0 radical (unpaired) electrons. The van der Waals surface area contributed by atoms with Crippen molar-refractivity contribution in [3.63, 3.8) is 0 Å². The molecule has 1 amide bonds. The molecule has 6 heteroatoms. The average Bonchev–Trinajstić information content (AvgIpc) is 3.24. The molecule has 0 aliphatic heterocycles. The van der Waals surface area contributed by atoms with Crippen LogP contribution in [0.5, 0.6) is 0 Å². The quantitative estimate of drug-likeness (QED) is 0.748. The fraction of sp³-hybridized carbons (Fsp3) is 0.588. The van der Waals surface area contributed by atoms with E-state index in [0.29, 0.717) is 25.2 Å². The molecule has 128 valence electrons. The minimum Gasteiger partial charge on any atom is -0.444 e. The number of halogens is 2. The maximum absolute atomic E-state index is 13.7. The summed E-state index contributed by atoms with van der Waals surface area (Å²) in [5.74, 6) is -0.230. The van der Waals surface area contributed by atoms with Gasteiger partial charge in [0.2, 0.25) is 0 Å². The molecule has 0 unspecified atom stereocenters. The smallest absolute Gasteiger partial charge is 0.410 e. The van der Waals surface area contributed by atoms with Crippen LogP contribution in [-0.2, 0) is 11.3 Å². The molecule has 4 nitrogen and oxygen atoms in total. The number of benzene rings is 1. The highest BCUT2D eigenvalue weighted by molar-refractivity contribution is 9.10. The van der Waals surface area contributed by atoms with Gasteiger partial charge < -0.3 is 15.0 Å². The Balaban J connectivity index is 1.81. The van der Waals surface area contributed by atoms with Crippen LogP contribution in [0.25, 0.3) is 0 Å². The lowest BCUT2D eigenvalue weighted by atomic mass is 10.2. The first-order chi connectivity index (χ1) is 10.8. The van der Waals surface area contributed by atoms with Crippen molar-refractivity contribution in [1.82, 2.24) is 10.2 Å². The lowest BCUT2D eigenvalue weighted by Crippen LogP contribution is -2.41. The zero-order valence-electron chi connectivity index (χ0n) is 13.9. The van der Waals surface area contributed by atoms with E-state index in [1.54, 1.807) is 17.0 Å². The molecule has 0 atom stereocenters. The van der Waals surface area contributed by atoms with Gasteiger partial charge in [-0.2, -0.15) is 0 Å². The second-order valence-corrected chi connectivity index (χ2v) is 7.73. The summed E-state index contributed by atoms with van der Waals surface area (Å²) in [5, 5.41) is 3.19. The molecule has 1 fully saturated rings. The summed E-state index contributed by atoms with van der Waals surface area (Å²) in [6, 6.07) is 5.16. The van der Waals surface area contributed by atoms with Crippen molar-refractivity contribution < 1.29 is 13.9 Å². The van der Waals surface area contributed by atoms with E-state index in [1.165, 1.54) is 6.07 Å². The molecular formula is C17H24BrFN2O2. The third-order valence-corrected chi connectivity index (χ3v) is 3.96. The van der Waals surface area contributed by atoms with Gasteiger partial charge >= 0.3 is 6.09 Å². The van der Waals surface area contributed by atoms with Crippen molar-refractivity contribution in [3.05, 3.63) is 34.1 Å². The van der Waals surface area contributed by atoms with Crippen molar-refractivity contribution in [2.45, 2.75) is 51.8 Å². The second kappa shape index (κ2) is 7.62. The van der Waals surface area contributed by atoms with Gasteiger partial charge in [0.1, 0.15) is 11.4 Å². The van der Waals surface area contributed by atoms with Gasteiger partial charge in [0.15, 0.2) is 0 Å². The summed E-state index contributed by atoms with van der Waals surface area (Å²) in [6.07, 6.45) is 1.79. The lowest BCUT2D eigenvalue weighted by molar-refractivity contribution is 0.0236. The topological polar surface area (TPSA) is 41.6 Å². The van der Waals surface area contributed by atoms with E-state index in [1.807, 2.05) is 20.8 Å². The van der Waals surface area contributed by atoms with Crippen LogP contribution in [-0.4, -0.2) is 35.7 Å². The zero-order chi connectivity index (χ0) is 17.0. The summed E-state index contributed by atoms with van der Waals surface area (Å²) in [4.78, 5) is 14.0. The maximum Gasteiger partial charge on any atom is 0.410 e. The largest absolute Gasteiger partial charge is 0.444 e. The van der Waals surface area contributed by atoms with Crippen molar-refractivity contribution >= 4 is 22.0 Å². The van der Waals surface area contributed by atoms with Crippen LogP contribution in [0.2, 0.25) is 0 Å². The van der Waals surface area contributed by atoms with Gasteiger partial charge in [-0.15, -0.1) is 0 Å². The molecule has 1 aromatic carbocycles. The Hall–Kier alpha value is -1.14. The molecule has 23 heavy (non-hydrogen) atoms. The number of amides is 1. The Morgan fingerprint density at radius 1 is 1.43 bits per heavy atom. The fourth-order valence-electron chi connectivity index (χ4n) is 2.23. The number of hydrogen-bond acceptors (Lipinski definition) is 3. The monoisotopic (exact) mass is 386 g/mol. The lowest BCUT2D eigenvalue weighted by Gasteiger charge is -2.27. The number of nitrogens with one attached hydrogen (secondary N) is 1. The number of ether oxygens (including phenoxy) is 1. The summed E-state index contributed by atoms with van der Waals surface area (Å²) < 4.78 is 20.0. The predicted octanol–water partition coefficient (Wildman–Crippen LogP) is 4.08. The van der Waals surface area contributed by atoms with Crippen LogP contribution < -0.4 is 5.32 Å². The summed E-state index contributed by atoms with van der Waals surface area (Å²) >= 11 is 3.34. The number of hydrogen-bond donors (Lipinski definition) is 1. The van der Waals surface area contributed by atoms with Gasteiger partial charge in [-0.25, -0.2) is 9.18 Å². The first-order valence-corrected chi connectivity index (χ1v) is 8.70. The van der Waals surface area contributed by atoms with E-state index >= 15 is 0 Å². The first kappa shape index (κ1) is 18.2. The van der Waals surface area contributed by atoms with Gasteiger partial charge in [0, 0.05) is 35.7 Å². The van der Waals surface area contributed by atoms with Crippen molar-refractivity contribution in [2.75, 3.05) is 13.1 Å². The molecule has 1 aliphatic rings. The third kappa shape index (κ3) is 6.11. The van der Waals surface area contributed by atoms with Gasteiger partial charge in [-0.05, 0) is 51.8 Å². The Kier molecular flexibility index (Phi) is 6.03. The minimum absolute atomic E-state index is 0.230. The molecule has 0 bridgehead atoms. The molecule has 1 saturated carbocycles. The number of nitrogens with zero attached hydrogens (tertiary/aromatic N) is 1. The minimum atomic E-state index is -0.489. The predicted molar refractivity (Wildman–Crippen MR) is 91.8 cm³/mol. The normalized spacial score (nSPS) is 14.7. The van der Waals surface area contributed by atoms with Crippen molar-refractivity contribution in [1.29, 1.82) is 0 Å². The van der Waals surface area contributed by atoms with Crippen molar-refractivity contribution in [2.24, 2.45) is 0 Å². The van der Waals surface area contributed by atoms with Crippen LogP contribution >= 0.6 is 15.9 Å². The first-order valence-electron chi connectivity index (χ1n) is 7.90. The van der Waals surface area contributed by atoms with E-state index in [2.05, 4.69) is 21.2 Å².